The lowest BCUT2D eigenvalue weighted by atomic mass is 9.96. The van der Waals surface area contributed by atoms with Crippen molar-refractivity contribution in [3.8, 4) is 0 Å². The van der Waals surface area contributed by atoms with Crippen LogP contribution in [0.1, 0.15) is 60.8 Å². The monoisotopic (exact) mass is 455 g/mol. The molecule has 5 rings (SSSR count). The molecule has 2 aromatic carbocycles. The number of nitrogens with zero attached hydrogens (tertiary/aromatic N) is 5. The Morgan fingerprint density at radius 3 is 2.12 bits per heavy atom. The van der Waals surface area contributed by atoms with Gasteiger partial charge in [0.05, 0.1) is 18.3 Å². The van der Waals surface area contributed by atoms with Gasteiger partial charge >= 0.3 is 6.01 Å². The van der Waals surface area contributed by atoms with Crippen molar-refractivity contribution in [1.29, 1.82) is 0 Å². The molecule has 0 N–H and O–H groups in total. The van der Waals surface area contributed by atoms with Gasteiger partial charge in [-0.05, 0) is 24.5 Å². The number of hydrogen-bond acceptors (Lipinski definition) is 6. The highest BCUT2D eigenvalue weighted by molar-refractivity contribution is 5.38. The molecule has 174 valence electrons. The SMILES string of the molecule is Cc1nc2c(c(=O)n1C(c1ccccc1)c1ccccc1)CCN(c1nc(C(C)(C)C)no1)C2. The molecule has 1 aliphatic rings. The van der Waals surface area contributed by atoms with Crippen LogP contribution in [0.4, 0.5) is 6.01 Å². The molecule has 1 aliphatic heterocycles. The summed E-state index contributed by atoms with van der Waals surface area (Å²) in [6.07, 6.45) is 0.574. The third-order valence-corrected chi connectivity index (χ3v) is 6.29. The van der Waals surface area contributed by atoms with Crippen LogP contribution in [0.3, 0.4) is 0 Å². The van der Waals surface area contributed by atoms with E-state index in [0.29, 0.717) is 37.2 Å². The zero-order chi connectivity index (χ0) is 23.9. The summed E-state index contributed by atoms with van der Waals surface area (Å²) >= 11 is 0. The summed E-state index contributed by atoms with van der Waals surface area (Å²) in [5, 5.41) is 4.14. The van der Waals surface area contributed by atoms with E-state index in [-0.39, 0.29) is 17.0 Å². The molecule has 0 spiro atoms. The smallest absolute Gasteiger partial charge is 0.318 e. The molecule has 0 amide bonds. The first-order valence-corrected chi connectivity index (χ1v) is 11.6. The lowest BCUT2D eigenvalue weighted by Gasteiger charge is -2.29. The van der Waals surface area contributed by atoms with Gasteiger partial charge in [-0.2, -0.15) is 4.98 Å². The number of benzene rings is 2. The molecule has 34 heavy (non-hydrogen) atoms. The molecule has 0 saturated heterocycles. The zero-order valence-electron chi connectivity index (χ0n) is 20.0. The van der Waals surface area contributed by atoms with Crippen molar-refractivity contribution in [3.05, 3.63) is 105 Å². The van der Waals surface area contributed by atoms with E-state index < -0.39 is 0 Å². The van der Waals surface area contributed by atoms with Gasteiger partial charge in [0, 0.05) is 17.5 Å². The average molecular weight is 456 g/mol. The molecule has 0 bridgehead atoms. The number of anilines is 1. The molecular weight excluding hydrogens is 426 g/mol. The fourth-order valence-electron chi connectivity index (χ4n) is 4.50. The molecule has 0 radical (unpaired) electrons. The molecule has 0 aliphatic carbocycles. The summed E-state index contributed by atoms with van der Waals surface area (Å²) in [4.78, 5) is 25.4. The maximum atomic E-state index is 13.9. The third-order valence-electron chi connectivity index (χ3n) is 6.29. The summed E-state index contributed by atoms with van der Waals surface area (Å²) in [6.45, 7) is 9.16. The van der Waals surface area contributed by atoms with E-state index in [0.717, 1.165) is 22.4 Å². The standard InChI is InChI=1S/C27H29N5O2/c1-18-28-22-17-31(26-29-25(30-34-26)27(2,3)4)16-15-21(22)24(33)32(18)23(19-11-7-5-8-12-19)20-13-9-6-10-14-20/h5-14,23H,15-17H2,1-4H3. The number of rotatable bonds is 4. The summed E-state index contributed by atoms with van der Waals surface area (Å²) < 4.78 is 7.37. The minimum Gasteiger partial charge on any atom is -0.318 e. The Labute approximate surface area is 199 Å². The normalized spacial score (nSPS) is 13.9. The van der Waals surface area contributed by atoms with E-state index in [1.165, 1.54) is 0 Å². The second-order valence-electron chi connectivity index (χ2n) is 9.81. The number of aryl methyl sites for hydroxylation is 1. The molecular formula is C27H29N5O2. The van der Waals surface area contributed by atoms with E-state index in [9.17, 15) is 4.79 Å². The molecule has 2 aromatic heterocycles. The predicted molar refractivity (Wildman–Crippen MR) is 131 cm³/mol. The first-order valence-electron chi connectivity index (χ1n) is 11.6. The van der Waals surface area contributed by atoms with Crippen LogP contribution in [-0.4, -0.2) is 26.2 Å². The molecule has 3 heterocycles. The van der Waals surface area contributed by atoms with Gasteiger partial charge < -0.3 is 9.42 Å². The van der Waals surface area contributed by atoms with Gasteiger partial charge in [-0.3, -0.25) is 9.36 Å². The highest BCUT2D eigenvalue weighted by Crippen LogP contribution is 2.29. The molecule has 7 heteroatoms. The molecule has 0 atom stereocenters. The van der Waals surface area contributed by atoms with Crippen molar-refractivity contribution in [2.45, 2.75) is 52.1 Å². The summed E-state index contributed by atoms with van der Waals surface area (Å²) in [5.41, 5.74) is 3.47. The van der Waals surface area contributed by atoms with Crippen LogP contribution in [0, 0.1) is 6.92 Å². The van der Waals surface area contributed by atoms with Crippen molar-refractivity contribution in [3.63, 3.8) is 0 Å². The number of hydrogen-bond donors (Lipinski definition) is 0. The number of aromatic nitrogens is 4. The van der Waals surface area contributed by atoms with Gasteiger partial charge in [-0.1, -0.05) is 86.6 Å². The van der Waals surface area contributed by atoms with E-state index in [1.54, 1.807) is 0 Å². The van der Waals surface area contributed by atoms with Gasteiger partial charge in [0.2, 0.25) is 0 Å². The highest BCUT2D eigenvalue weighted by atomic mass is 16.5. The Morgan fingerprint density at radius 1 is 0.941 bits per heavy atom. The minimum absolute atomic E-state index is 0.0146. The predicted octanol–water partition coefficient (Wildman–Crippen LogP) is 4.43. The largest absolute Gasteiger partial charge is 0.324 e. The zero-order valence-corrected chi connectivity index (χ0v) is 20.0. The first kappa shape index (κ1) is 22.1. The van der Waals surface area contributed by atoms with E-state index in [4.69, 9.17) is 9.51 Å². The Balaban J connectivity index is 1.55. The van der Waals surface area contributed by atoms with E-state index in [1.807, 2.05) is 52.8 Å². The fraction of sp³-hybridized carbons (Fsp3) is 0.333. The average Bonchev–Trinajstić information content (AvgIpc) is 3.34. The summed E-state index contributed by atoms with van der Waals surface area (Å²) in [5.74, 6) is 1.35. The van der Waals surface area contributed by atoms with Crippen molar-refractivity contribution in [1.82, 2.24) is 19.7 Å². The van der Waals surface area contributed by atoms with Crippen LogP contribution < -0.4 is 10.5 Å². The van der Waals surface area contributed by atoms with Gasteiger partial charge in [0.25, 0.3) is 5.56 Å². The molecule has 4 aromatic rings. The lowest BCUT2D eigenvalue weighted by molar-refractivity contribution is 0.387. The van der Waals surface area contributed by atoms with Crippen LogP contribution in [-0.2, 0) is 18.4 Å². The van der Waals surface area contributed by atoms with Gasteiger partial charge in [-0.25, -0.2) is 4.98 Å². The van der Waals surface area contributed by atoms with Crippen LogP contribution in [0.2, 0.25) is 0 Å². The molecule has 0 fully saturated rings. The van der Waals surface area contributed by atoms with Crippen molar-refractivity contribution < 1.29 is 4.52 Å². The highest BCUT2D eigenvalue weighted by Gasteiger charge is 2.30. The molecule has 0 unspecified atom stereocenters. The second kappa shape index (κ2) is 8.56. The molecule has 7 nitrogen and oxygen atoms in total. The quantitative estimate of drug-likeness (QED) is 0.453. The summed E-state index contributed by atoms with van der Waals surface area (Å²) in [7, 11) is 0. The van der Waals surface area contributed by atoms with Crippen molar-refractivity contribution in [2.24, 2.45) is 0 Å². The van der Waals surface area contributed by atoms with Crippen LogP contribution in [0.25, 0.3) is 0 Å². The number of fused-ring (bicyclic) bond motifs is 1. The summed E-state index contributed by atoms with van der Waals surface area (Å²) in [6, 6.07) is 20.5. The topological polar surface area (TPSA) is 77.1 Å². The Kier molecular flexibility index (Phi) is 5.55. The third kappa shape index (κ3) is 4.02. The maximum Gasteiger partial charge on any atom is 0.324 e. The maximum absolute atomic E-state index is 13.9. The fourth-order valence-corrected chi connectivity index (χ4v) is 4.50. The van der Waals surface area contributed by atoms with E-state index >= 15 is 0 Å². The van der Waals surface area contributed by atoms with Crippen molar-refractivity contribution >= 4 is 6.01 Å². The van der Waals surface area contributed by atoms with Crippen LogP contribution in [0.5, 0.6) is 0 Å². The molecule has 0 saturated carbocycles. The Hall–Kier alpha value is -3.74. The Morgan fingerprint density at radius 2 is 1.56 bits per heavy atom. The first-order chi connectivity index (χ1) is 16.3. The van der Waals surface area contributed by atoms with Gasteiger partial charge in [0.1, 0.15) is 5.82 Å². The van der Waals surface area contributed by atoms with Gasteiger partial charge in [-0.15, -0.1) is 0 Å². The van der Waals surface area contributed by atoms with E-state index in [2.05, 4.69) is 55.2 Å². The van der Waals surface area contributed by atoms with Crippen molar-refractivity contribution in [2.75, 3.05) is 11.4 Å². The Bertz CT molecular complexity index is 1310. The minimum atomic E-state index is -0.240. The van der Waals surface area contributed by atoms with Crippen LogP contribution >= 0.6 is 0 Å². The van der Waals surface area contributed by atoms with Gasteiger partial charge in [0.15, 0.2) is 5.82 Å². The van der Waals surface area contributed by atoms with Crippen LogP contribution in [0.15, 0.2) is 70.0 Å². The second-order valence-corrected chi connectivity index (χ2v) is 9.81. The lowest BCUT2D eigenvalue weighted by Crippen LogP contribution is -2.40.